The van der Waals surface area contributed by atoms with E-state index in [9.17, 15) is 29.4 Å². The van der Waals surface area contributed by atoms with Gasteiger partial charge in [0.2, 0.25) is 18.9 Å². The molecule has 2 fully saturated rings. The highest BCUT2D eigenvalue weighted by atomic mass is 16.6. The summed E-state index contributed by atoms with van der Waals surface area (Å²) in [6, 6.07) is 0. The largest absolute Gasteiger partial charge is 0.476 e. The average molecular weight is 615 g/mol. The molecule has 2 aliphatic heterocycles. The molecule has 244 valence electrons. The van der Waals surface area contributed by atoms with Crippen LogP contribution in [-0.4, -0.2) is 155 Å². The number of hydrogen-bond donors (Lipinski definition) is 3. The lowest BCUT2D eigenvalue weighted by Crippen LogP contribution is -2.29. The predicted molar refractivity (Wildman–Crippen MR) is 138 cm³/mol. The van der Waals surface area contributed by atoms with E-state index in [-0.39, 0.29) is 65.4 Å². The van der Waals surface area contributed by atoms with Gasteiger partial charge in [-0.15, -0.1) is 0 Å². The molecule has 0 spiro atoms. The van der Waals surface area contributed by atoms with Gasteiger partial charge >= 0.3 is 17.9 Å². The predicted octanol–water partition coefficient (Wildman–Crippen LogP) is -2.27. The van der Waals surface area contributed by atoms with Crippen LogP contribution < -0.4 is 0 Å². The van der Waals surface area contributed by atoms with Gasteiger partial charge in [0.25, 0.3) is 0 Å². The molecule has 2 saturated heterocycles. The van der Waals surface area contributed by atoms with Crippen molar-refractivity contribution in [3.05, 3.63) is 0 Å². The number of carboxylic acid groups (broad SMARTS) is 1. The second-order valence-corrected chi connectivity index (χ2v) is 8.53. The number of hydrogen-bond acceptors (Lipinski definition) is 16. The fourth-order valence-corrected chi connectivity index (χ4v) is 2.23. The summed E-state index contributed by atoms with van der Waals surface area (Å²) in [6.07, 6.45) is -1.95. The first kappa shape index (κ1) is 41.2. The Bertz CT molecular complexity index is 768. The molecule has 2 heterocycles. The van der Waals surface area contributed by atoms with Gasteiger partial charge < -0.3 is 53.2 Å². The number of aliphatic hydroxyl groups is 2. The number of aliphatic hydroxyl groups excluding tert-OH is 2. The lowest BCUT2D eigenvalue weighted by Gasteiger charge is -2.17. The SMILES string of the molecule is C.CC(COCC(O)COC(=O)C=O)OCC(O)COC(=O)C=O.CC(COCC1CO1)OCC1CO1.O=CC(=O)O. The van der Waals surface area contributed by atoms with Crippen molar-refractivity contribution in [1.29, 1.82) is 0 Å². The highest BCUT2D eigenvalue weighted by Crippen LogP contribution is 2.11. The van der Waals surface area contributed by atoms with E-state index in [0.717, 1.165) is 13.2 Å². The molecule has 0 amide bonds. The van der Waals surface area contributed by atoms with Gasteiger partial charge in [0.15, 0.2) is 0 Å². The Labute approximate surface area is 243 Å². The summed E-state index contributed by atoms with van der Waals surface area (Å²) in [5, 5.41) is 26.2. The molecule has 0 aromatic rings. The Hall–Kier alpha value is -2.90. The van der Waals surface area contributed by atoms with Crippen molar-refractivity contribution in [2.24, 2.45) is 0 Å². The van der Waals surface area contributed by atoms with Crippen molar-refractivity contribution in [1.82, 2.24) is 0 Å². The van der Waals surface area contributed by atoms with Gasteiger partial charge in [-0.3, -0.25) is 14.4 Å². The molecule has 42 heavy (non-hydrogen) atoms. The lowest BCUT2D eigenvalue weighted by atomic mass is 10.3. The first-order valence-electron chi connectivity index (χ1n) is 12.4. The maximum absolute atomic E-state index is 10.5. The van der Waals surface area contributed by atoms with Gasteiger partial charge in [-0.05, 0) is 13.8 Å². The molecule has 17 nitrogen and oxygen atoms in total. The average Bonchev–Trinajstić information content (AvgIpc) is 3.89. The van der Waals surface area contributed by atoms with Gasteiger partial charge in [-0.1, -0.05) is 7.43 Å². The zero-order chi connectivity index (χ0) is 31.0. The standard InChI is InChI=1S/C13H20O10.C9H16O4.C2H2O3.CH4/c1-9(21-6-11(17)8-23-13(19)3-15)4-20-5-10(16)7-22-12(18)2-14;1-7(11-4-9-6-13-9)2-10-3-8-5-12-8;3-1-2(4)5;/h2-3,9-11,16-17H,4-8H2,1H3;7-9H,2-6H2,1H3;1H,(H,4,5);1H4. The molecule has 0 aromatic carbocycles. The van der Waals surface area contributed by atoms with Gasteiger partial charge in [0.05, 0.1) is 65.1 Å². The minimum Gasteiger partial charge on any atom is -0.476 e. The van der Waals surface area contributed by atoms with E-state index >= 15 is 0 Å². The van der Waals surface area contributed by atoms with E-state index in [1.807, 2.05) is 6.92 Å². The Balaban J connectivity index is 0. The molecule has 2 aliphatic rings. The number of epoxide rings is 2. The van der Waals surface area contributed by atoms with Crippen molar-refractivity contribution in [3.63, 3.8) is 0 Å². The minimum absolute atomic E-state index is 0. The zero-order valence-corrected chi connectivity index (χ0v) is 22.8. The molecule has 3 N–H and O–H groups in total. The summed E-state index contributed by atoms with van der Waals surface area (Å²) >= 11 is 0. The smallest absolute Gasteiger partial charge is 0.371 e. The summed E-state index contributed by atoms with van der Waals surface area (Å²) < 4.78 is 40.0. The van der Waals surface area contributed by atoms with E-state index in [0.29, 0.717) is 32.0 Å². The van der Waals surface area contributed by atoms with Gasteiger partial charge in [-0.25, -0.2) is 14.4 Å². The van der Waals surface area contributed by atoms with Crippen LogP contribution in [0.5, 0.6) is 0 Å². The number of aliphatic carboxylic acids is 1. The molecular formula is C25H42O17. The number of aldehydes is 3. The third-order valence-electron chi connectivity index (χ3n) is 4.39. The summed E-state index contributed by atoms with van der Waals surface area (Å²) in [6.45, 7) is 6.47. The second-order valence-electron chi connectivity index (χ2n) is 8.53. The molecule has 0 saturated carbocycles. The normalized spacial score (nSPS) is 18.9. The van der Waals surface area contributed by atoms with E-state index < -0.39 is 36.2 Å². The van der Waals surface area contributed by atoms with Crippen LogP contribution in [0.25, 0.3) is 0 Å². The third-order valence-corrected chi connectivity index (χ3v) is 4.39. The summed E-state index contributed by atoms with van der Waals surface area (Å²) in [5.74, 6) is -3.58. The van der Waals surface area contributed by atoms with Gasteiger partial charge in [0.1, 0.15) is 37.6 Å². The van der Waals surface area contributed by atoms with Crippen LogP contribution >= 0.6 is 0 Å². The highest BCUT2D eigenvalue weighted by molar-refractivity contribution is 6.20. The Kier molecular flexibility index (Phi) is 25.3. The van der Waals surface area contributed by atoms with Crippen LogP contribution in [0.3, 0.4) is 0 Å². The number of carbonyl (C=O) groups excluding carboxylic acids is 5. The summed E-state index contributed by atoms with van der Waals surface area (Å²) in [4.78, 5) is 58.9. The van der Waals surface area contributed by atoms with Crippen LogP contribution in [-0.2, 0) is 66.7 Å². The fraction of sp³-hybridized carbons (Fsp3) is 0.760. The van der Waals surface area contributed by atoms with E-state index in [2.05, 4.69) is 9.47 Å². The minimum atomic E-state index is -1.43. The van der Waals surface area contributed by atoms with Crippen molar-refractivity contribution in [2.45, 2.75) is 57.9 Å². The van der Waals surface area contributed by atoms with Crippen molar-refractivity contribution in [3.8, 4) is 0 Å². The number of carbonyl (C=O) groups is 6. The van der Waals surface area contributed by atoms with Crippen molar-refractivity contribution >= 4 is 36.8 Å². The van der Waals surface area contributed by atoms with Gasteiger partial charge in [0, 0.05) is 0 Å². The van der Waals surface area contributed by atoms with Crippen LogP contribution in [0.1, 0.15) is 21.3 Å². The first-order chi connectivity index (χ1) is 19.5. The molecule has 0 bridgehead atoms. The van der Waals surface area contributed by atoms with E-state index in [1.165, 1.54) is 0 Å². The molecule has 6 atom stereocenters. The van der Waals surface area contributed by atoms with Crippen LogP contribution in [0.2, 0.25) is 0 Å². The quantitative estimate of drug-likeness (QED) is 0.0534. The number of carboxylic acids is 1. The number of esters is 2. The molecule has 6 unspecified atom stereocenters. The van der Waals surface area contributed by atoms with Crippen LogP contribution in [0.15, 0.2) is 0 Å². The maximum Gasteiger partial charge on any atom is 0.371 e. The van der Waals surface area contributed by atoms with Gasteiger partial charge in [-0.2, -0.15) is 0 Å². The number of rotatable bonds is 21. The molecule has 2 rings (SSSR count). The fourth-order valence-electron chi connectivity index (χ4n) is 2.23. The Morgan fingerprint density at radius 2 is 1.14 bits per heavy atom. The van der Waals surface area contributed by atoms with Crippen LogP contribution in [0, 0.1) is 0 Å². The highest BCUT2D eigenvalue weighted by Gasteiger charge is 2.24. The molecule has 0 aliphatic carbocycles. The van der Waals surface area contributed by atoms with Crippen LogP contribution in [0.4, 0.5) is 0 Å². The molecular weight excluding hydrogens is 572 g/mol. The molecule has 17 heteroatoms. The second kappa shape index (κ2) is 25.8. The third kappa shape index (κ3) is 28.6. The Morgan fingerprint density at radius 3 is 1.60 bits per heavy atom. The molecule has 0 radical (unpaired) electrons. The number of ether oxygens (including phenoxy) is 8. The summed E-state index contributed by atoms with van der Waals surface area (Å²) in [7, 11) is 0. The monoisotopic (exact) mass is 614 g/mol. The Morgan fingerprint density at radius 1 is 0.714 bits per heavy atom. The topological polar surface area (TPSA) is 244 Å². The molecule has 0 aromatic heterocycles. The summed E-state index contributed by atoms with van der Waals surface area (Å²) in [5.41, 5.74) is 0. The lowest BCUT2D eigenvalue weighted by molar-refractivity contribution is -0.153. The maximum atomic E-state index is 10.5. The van der Waals surface area contributed by atoms with Crippen molar-refractivity contribution < 1.29 is 82.0 Å². The van der Waals surface area contributed by atoms with E-state index in [4.69, 9.17) is 43.1 Å². The zero-order valence-electron chi connectivity index (χ0n) is 22.8. The van der Waals surface area contributed by atoms with Crippen molar-refractivity contribution in [2.75, 3.05) is 66.1 Å². The van der Waals surface area contributed by atoms with E-state index in [1.54, 1.807) is 6.92 Å². The first-order valence-corrected chi connectivity index (χ1v) is 12.4.